The lowest BCUT2D eigenvalue weighted by atomic mass is 10.1. The second-order valence-electron chi connectivity index (χ2n) is 7.69. The molecule has 1 amide bonds. The normalized spacial score (nSPS) is 13.4. The van der Waals surface area contributed by atoms with Crippen LogP contribution in [0.5, 0.6) is 5.75 Å². The largest absolute Gasteiger partial charge is 0.508 e. The fraction of sp³-hybridized carbons (Fsp3) is 0.304. The van der Waals surface area contributed by atoms with E-state index in [1.54, 1.807) is 23.1 Å². The first-order valence-corrected chi connectivity index (χ1v) is 11.0. The molecule has 178 valence electrons. The number of carbonyl (C=O) groups excluding carboxylic acids is 1. The van der Waals surface area contributed by atoms with Gasteiger partial charge in [-0.25, -0.2) is 14.4 Å². The first-order valence-electron chi connectivity index (χ1n) is 11.0. The number of hydrogen-bond acceptors (Lipinski definition) is 9. The van der Waals surface area contributed by atoms with Gasteiger partial charge in [0.2, 0.25) is 5.95 Å². The Kier molecular flexibility index (Phi) is 7.33. The van der Waals surface area contributed by atoms with Crippen LogP contribution < -0.4 is 21.1 Å². The highest BCUT2D eigenvalue weighted by atomic mass is 19.1. The number of morpholine rings is 1. The minimum atomic E-state index is -0.545. The molecule has 1 aliphatic rings. The van der Waals surface area contributed by atoms with Gasteiger partial charge in [-0.1, -0.05) is 19.4 Å². The fourth-order valence-corrected chi connectivity index (χ4v) is 3.48. The summed E-state index contributed by atoms with van der Waals surface area (Å²) in [5.41, 5.74) is 7.49. The number of carbonyl (C=O) groups is 1. The van der Waals surface area contributed by atoms with E-state index in [0.717, 1.165) is 24.6 Å². The number of ether oxygens (including phenoxy) is 1. The standard InChI is InChI=1S/C23H26FN7O3/c1-2-3-15-4-5-16(12-20(15)32)27-17-6-7-19(25-13-17)22(33)29-30-23-26-14-18(24)21(28-23)31-8-10-34-11-9-31/h4-7,12-14,27,32H,2-3,8-11H2,1H3,(H,29,33)(H,26,28,30). The lowest BCUT2D eigenvalue weighted by Gasteiger charge is -2.28. The molecule has 10 nitrogen and oxygen atoms in total. The summed E-state index contributed by atoms with van der Waals surface area (Å²) < 4.78 is 19.4. The van der Waals surface area contributed by atoms with E-state index >= 15 is 0 Å². The molecule has 4 N–H and O–H groups in total. The third kappa shape index (κ3) is 5.67. The monoisotopic (exact) mass is 467 g/mol. The Bertz CT molecular complexity index is 1140. The number of phenols is 1. The summed E-state index contributed by atoms with van der Waals surface area (Å²) in [6.07, 6.45) is 4.32. The zero-order valence-corrected chi connectivity index (χ0v) is 18.7. The van der Waals surface area contributed by atoms with Gasteiger partial charge in [-0.15, -0.1) is 0 Å². The Morgan fingerprint density at radius 1 is 1.15 bits per heavy atom. The van der Waals surface area contributed by atoms with E-state index in [4.69, 9.17) is 4.74 Å². The summed E-state index contributed by atoms with van der Waals surface area (Å²) in [5.74, 6) is -0.606. The van der Waals surface area contributed by atoms with Crippen LogP contribution in [0.25, 0.3) is 0 Å². The number of anilines is 4. The van der Waals surface area contributed by atoms with Gasteiger partial charge < -0.3 is 20.1 Å². The second-order valence-corrected chi connectivity index (χ2v) is 7.69. The molecule has 0 spiro atoms. The van der Waals surface area contributed by atoms with E-state index < -0.39 is 11.7 Å². The van der Waals surface area contributed by atoms with Gasteiger partial charge in [0.15, 0.2) is 11.6 Å². The van der Waals surface area contributed by atoms with E-state index in [9.17, 15) is 14.3 Å². The molecule has 0 unspecified atom stereocenters. The van der Waals surface area contributed by atoms with Crippen LogP contribution in [0.4, 0.5) is 27.5 Å². The van der Waals surface area contributed by atoms with E-state index in [0.29, 0.717) is 37.7 Å². The Morgan fingerprint density at radius 2 is 1.94 bits per heavy atom. The molecule has 2 aromatic heterocycles. The van der Waals surface area contributed by atoms with Crippen molar-refractivity contribution in [2.24, 2.45) is 0 Å². The van der Waals surface area contributed by atoms with Gasteiger partial charge in [0.25, 0.3) is 5.91 Å². The van der Waals surface area contributed by atoms with Gasteiger partial charge >= 0.3 is 0 Å². The molecule has 0 atom stereocenters. The number of phenolic OH excluding ortho intramolecular Hbond substituents is 1. The number of pyridine rings is 1. The molecule has 0 radical (unpaired) electrons. The lowest BCUT2D eigenvalue weighted by Crippen LogP contribution is -2.38. The molecule has 0 bridgehead atoms. The van der Waals surface area contributed by atoms with E-state index in [1.165, 1.54) is 6.20 Å². The summed E-state index contributed by atoms with van der Waals surface area (Å²) in [6.45, 7) is 4.08. The molecule has 34 heavy (non-hydrogen) atoms. The number of hydrogen-bond donors (Lipinski definition) is 4. The maximum Gasteiger partial charge on any atom is 0.288 e. The highest BCUT2D eigenvalue weighted by Gasteiger charge is 2.18. The average Bonchev–Trinajstić information content (AvgIpc) is 2.86. The first kappa shape index (κ1) is 23.2. The van der Waals surface area contributed by atoms with Crippen molar-refractivity contribution in [3.63, 3.8) is 0 Å². The van der Waals surface area contributed by atoms with Crippen LogP contribution in [0.3, 0.4) is 0 Å². The smallest absolute Gasteiger partial charge is 0.288 e. The minimum absolute atomic E-state index is 0.0563. The maximum absolute atomic E-state index is 14.1. The highest BCUT2D eigenvalue weighted by Crippen LogP contribution is 2.25. The molecule has 1 aromatic carbocycles. The number of aryl methyl sites for hydroxylation is 1. The van der Waals surface area contributed by atoms with Gasteiger partial charge in [0.1, 0.15) is 11.4 Å². The summed E-state index contributed by atoms with van der Waals surface area (Å²) in [5, 5.41) is 13.3. The molecular weight excluding hydrogens is 441 g/mol. The maximum atomic E-state index is 14.1. The van der Waals surface area contributed by atoms with Crippen LogP contribution in [-0.4, -0.2) is 52.3 Å². The quantitative estimate of drug-likeness (QED) is 0.370. The van der Waals surface area contributed by atoms with Crippen molar-refractivity contribution >= 4 is 29.0 Å². The van der Waals surface area contributed by atoms with Gasteiger partial charge in [-0.2, -0.15) is 4.98 Å². The summed E-state index contributed by atoms with van der Waals surface area (Å²) >= 11 is 0. The van der Waals surface area contributed by atoms with Crippen molar-refractivity contribution in [1.29, 1.82) is 0 Å². The summed E-state index contributed by atoms with van der Waals surface area (Å²) in [6, 6.07) is 8.66. The van der Waals surface area contributed by atoms with Crippen LogP contribution in [0, 0.1) is 5.82 Å². The van der Waals surface area contributed by atoms with Crippen LogP contribution in [-0.2, 0) is 11.2 Å². The fourth-order valence-electron chi connectivity index (χ4n) is 3.48. The molecule has 1 saturated heterocycles. The van der Waals surface area contributed by atoms with Gasteiger partial charge in [-0.05, 0) is 30.2 Å². The summed E-state index contributed by atoms with van der Waals surface area (Å²) in [7, 11) is 0. The Labute approximate surface area is 196 Å². The topological polar surface area (TPSA) is 125 Å². The molecule has 3 heterocycles. The van der Waals surface area contributed by atoms with E-state index in [2.05, 4.69) is 38.0 Å². The molecule has 0 saturated carbocycles. The molecule has 1 fully saturated rings. The van der Waals surface area contributed by atoms with Crippen molar-refractivity contribution in [3.8, 4) is 5.75 Å². The van der Waals surface area contributed by atoms with Crippen molar-refractivity contribution in [2.45, 2.75) is 19.8 Å². The predicted molar refractivity (Wildman–Crippen MR) is 126 cm³/mol. The Morgan fingerprint density at radius 3 is 2.65 bits per heavy atom. The number of hydrazine groups is 1. The third-order valence-corrected chi connectivity index (χ3v) is 5.21. The molecule has 11 heteroatoms. The number of halogens is 1. The predicted octanol–water partition coefficient (Wildman–Crippen LogP) is 3.01. The molecule has 4 rings (SSSR count). The third-order valence-electron chi connectivity index (χ3n) is 5.21. The first-order chi connectivity index (χ1) is 16.5. The SMILES string of the molecule is CCCc1ccc(Nc2ccc(C(=O)NNc3ncc(F)c(N4CCOCC4)n3)nc2)cc1O. The Hall–Kier alpha value is -3.99. The van der Waals surface area contributed by atoms with Crippen LogP contribution in [0.1, 0.15) is 29.4 Å². The number of nitrogens with one attached hydrogen (secondary N) is 3. The molecule has 3 aromatic rings. The number of aromatic nitrogens is 3. The van der Waals surface area contributed by atoms with E-state index in [1.807, 2.05) is 12.1 Å². The van der Waals surface area contributed by atoms with Crippen LogP contribution in [0.15, 0.2) is 42.7 Å². The van der Waals surface area contributed by atoms with Crippen molar-refractivity contribution in [2.75, 3.05) is 41.9 Å². The van der Waals surface area contributed by atoms with Crippen molar-refractivity contribution < 1.29 is 19.0 Å². The number of benzene rings is 1. The number of amides is 1. The van der Waals surface area contributed by atoms with Crippen molar-refractivity contribution in [3.05, 3.63) is 59.8 Å². The van der Waals surface area contributed by atoms with Gasteiger partial charge in [0, 0.05) is 24.8 Å². The zero-order chi connectivity index (χ0) is 23.9. The van der Waals surface area contributed by atoms with E-state index in [-0.39, 0.29) is 23.2 Å². The number of aromatic hydroxyl groups is 1. The number of nitrogens with zero attached hydrogens (tertiary/aromatic N) is 4. The number of rotatable bonds is 8. The van der Waals surface area contributed by atoms with Gasteiger partial charge in [-0.3, -0.25) is 15.6 Å². The minimum Gasteiger partial charge on any atom is -0.508 e. The lowest BCUT2D eigenvalue weighted by molar-refractivity contribution is 0.0957. The Balaban J connectivity index is 1.35. The van der Waals surface area contributed by atoms with Crippen LogP contribution >= 0.6 is 0 Å². The van der Waals surface area contributed by atoms with Crippen LogP contribution in [0.2, 0.25) is 0 Å². The van der Waals surface area contributed by atoms with Gasteiger partial charge in [0.05, 0.1) is 31.3 Å². The summed E-state index contributed by atoms with van der Waals surface area (Å²) in [4.78, 5) is 26.4. The second kappa shape index (κ2) is 10.8. The highest BCUT2D eigenvalue weighted by molar-refractivity contribution is 5.93. The van der Waals surface area contributed by atoms with Crippen molar-refractivity contribution in [1.82, 2.24) is 20.4 Å². The molecule has 1 aliphatic heterocycles. The molecular formula is C23H26FN7O3. The average molecular weight is 468 g/mol. The zero-order valence-electron chi connectivity index (χ0n) is 18.7. The molecule has 0 aliphatic carbocycles.